The zero-order valence-corrected chi connectivity index (χ0v) is 20.1. The van der Waals surface area contributed by atoms with Gasteiger partial charge in [-0.1, -0.05) is 42.5 Å². The number of aromatic amines is 1. The quantitative estimate of drug-likeness (QED) is 0.452. The molecule has 176 valence electrons. The summed E-state index contributed by atoms with van der Waals surface area (Å²) in [6.45, 7) is 3.28. The van der Waals surface area contributed by atoms with Crippen molar-refractivity contribution in [1.82, 2.24) is 19.2 Å². The third kappa shape index (κ3) is 4.07. The van der Waals surface area contributed by atoms with Gasteiger partial charge >= 0.3 is 0 Å². The number of aromatic nitrogens is 2. The number of sulfonamides is 1. The van der Waals surface area contributed by atoms with E-state index in [0.717, 1.165) is 17.2 Å². The number of fused-ring (bicyclic) bond motifs is 1. The van der Waals surface area contributed by atoms with Crippen molar-refractivity contribution in [3.05, 3.63) is 82.0 Å². The van der Waals surface area contributed by atoms with Gasteiger partial charge in [0.2, 0.25) is 10.0 Å². The van der Waals surface area contributed by atoms with Crippen molar-refractivity contribution >= 4 is 31.6 Å². The Labute approximate surface area is 200 Å². The standard InChI is InChI=1S/C24H23FN4O3S2/c1-16(28-11-13-29(14-12-28)34(31,32)20-10-6-5-9-19(20)25)22-26-23(30)21-18(15-33-24(21)27-22)17-7-3-2-4-8-17/h2-10,15-16H,11-14H2,1H3,(H,26,27,30)/t16-/m1/s1. The van der Waals surface area contributed by atoms with Gasteiger partial charge in [-0.2, -0.15) is 4.31 Å². The lowest BCUT2D eigenvalue weighted by molar-refractivity contribution is 0.141. The van der Waals surface area contributed by atoms with Crippen molar-refractivity contribution in [2.75, 3.05) is 26.2 Å². The lowest BCUT2D eigenvalue weighted by Crippen LogP contribution is -2.49. The molecule has 0 saturated carbocycles. The van der Waals surface area contributed by atoms with Crippen molar-refractivity contribution in [2.45, 2.75) is 17.9 Å². The molecule has 2 aromatic carbocycles. The zero-order chi connectivity index (χ0) is 23.9. The van der Waals surface area contributed by atoms with Gasteiger partial charge in [-0.15, -0.1) is 11.3 Å². The topological polar surface area (TPSA) is 86.4 Å². The largest absolute Gasteiger partial charge is 0.309 e. The van der Waals surface area contributed by atoms with Crippen LogP contribution in [0.25, 0.3) is 21.3 Å². The van der Waals surface area contributed by atoms with E-state index in [-0.39, 0.29) is 29.6 Å². The van der Waals surface area contributed by atoms with Crippen LogP contribution in [0.1, 0.15) is 18.8 Å². The van der Waals surface area contributed by atoms with E-state index in [1.165, 1.54) is 33.8 Å². The average molecular weight is 499 g/mol. The number of rotatable bonds is 5. The SMILES string of the molecule is C[C@H](c1nc2scc(-c3ccccc3)c2c(=O)[nH]1)N1CCN(S(=O)(=O)c2ccccc2F)CC1. The number of piperazine rings is 1. The summed E-state index contributed by atoms with van der Waals surface area (Å²) < 4.78 is 41.1. The molecule has 0 radical (unpaired) electrons. The fourth-order valence-corrected chi connectivity index (χ4v) is 6.73. The predicted molar refractivity (Wildman–Crippen MR) is 131 cm³/mol. The lowest BCUT2D eigenvalue weighted by atomic mass is 10.1. The van der Waals surface area contributed by atoms with Gasteiger partial charge in [-0.3, -0.25) is 9.69 Å². The van der Waals surface area contributed by atoms with Gasteiger partial charge < -0.3 is 4.98 Å². The Kier molecular flexibility index (Phi) is 6.07. The summed E-state index contributed by atoms with van der Waals surface area (Å²) in [4.78, 5) is 23.1. The van der Waals surface area contributed by atoms with E-state index in [4.69, 9.17) is 4.98 Å². The summed E-state index contributed by atoms with van der Waals surface area (Å²) in [5.74, 6) is -0.205. The number of thiophene rings is 1. The molecule has 1 saturated heterocycles. The highest BCUT2D eigenvalue weighted by atomic mass is 32.2. The van der Waals surface area contributed by atoms with Crippen LogP contribution in [0.2, 0.25) is 0 Å². The Morgan fingerprint density at radius 3 is 2.41 bits per heavy atom. The van der Waals surface area contributed by atoms with E-state index in [1.54, 1.807) is 0 Å². The van der Waals surface area contributed by atoms with Gasteiger partial charge in [-0.25, -0.2) is 17.8 Å². The number of nitrogens with one attached hydrogen (secondary N) is 1. The van der Waals surface area contributed by atoms with Gasteiger partial charge in [0.05, 0.1) is 11.4 Å². The highest BCUT2D eigenvalue weighted by molar-refractivity contribution is 7.89. The molecule has 1 N–H and O–H groups in total. The smallest absolute Gasteiger partial charge is 0.260 e. The molecule has 7 nitrogen and oxygen atoms in total. The summed E-state index contributed by atoms with van der Waals surface area (Å²) in [5, 5.41) is 2.52. The van der Waals surface area contributed by atoms with Crippen LogP contribution in [-0.2, 0) is 10.0 Å². The van der Waals surface area contributed by atoms with Crippen LogP contribution in [0.15, 0.2) is 69.7 Å². The number of nitrogens with zero attached hydrogens (tertiary/aromatic N) is 3. The zero-order valence-electron chi connectivity index (χ0n) is 18.4. The van der Waals surface area contributed by atoms with E-state index in [0.29, 0.717) is 29.1 Å². The first kappa shape index (κ1) is 22.9. The fourth-order valence-electron chi connectivity index (χ4n) is 4.29. The molecule has 4 aromatic rings. The molecule has 0 aliphatic carbocycles. The number of benzene rings is 2. The number of H-pyrrole nitrogens is 1. The van der Waals surface area contributed by atoms with Crippen molar-refractivity contribution in [3.8, 4) is 11.1 Å². The number of halogens is 1. The van der Waals surface area contributed by atoms with Crippen LogP contribution in [0.4, 0.5) is 4.39 Å². The second-order valence-electron chi connectivity index (χ2n) is 8.19. The normalized spacial score (nSPS) is 16.6. The van der Waals surface area contributed by atoms with E-state index in [2.05, 4.69) is 9.88 Å². The summed E-state index contributed by atoms with van der Waals surface area (Å²) >= 11 is 1.43. The van der Waals surface area contributed by atoms with Crippen LogP contribution in [0, 0.1) is 5.82 Å². The van der Waals surface area contributed by atoms with Crippen LogP contribution >= 0.6 is 11.3 Å². The van der Waals surface area contributed by atoms with Gasteiger partial charge in [-0.05, 0) is 24.6 Å². The molecular weight excluding hydrogens is 475 g/mol. The number of hydrogen-bond acceptors (Lipinski definition) is 6. The van der Waals surface area contributed by atoms with Crippen LogP contribution < -0.4 is 5.56 Å². The maximum Gasteiger partial charge on any atom is 0.260 e. The fraction of sp³-hybridized carbons (Fsp3) is 0.250. The molecule has 5 rings (SSSR count). The summed E-state index contributed by atoms with van der Waals surface area (Å²) in [5.41, 5.74) is 1.64. The maximum atomic E-state index is 14.1. The minimum atomic E-state index is -3.91. The van der Waals surface area contributed by atoms with E-state index >= 15 is 0 Å². The van der Waals surface area contributed by atoms with Crippen LogP contribution in [0.3, 0.4) is 0 Å². The summed E-state index contributed by atoms with van der Waals surface area (Å²) in [6, 6.07) is 14.9. The van der Waals surface area contributed by atoms with Crippen molar-refractivity contribution in [3.63, 3.8) is 0 Å². The first-order valence-electron chi connectivity index (χ1n) is 10.9. The van der Waals surface area contributed by atoms with Crippen LogP contribution in [-0.4, -0.2) is 53.8 Å². The van der Waals surface area contributed by atoms with E-state index in [1.807, 2.05) is 42.6 Å². The molecule has 0 bridgehead atoms. The molecule has 10 heteroatoms. The lowest BCUT2D eigenvalue weighted by Gasteiger charge is -2.36. The van der Waals surface area contributed by atoms with Gasteiger partial charge in [0.1, 0.15) is 21.4 Å². The molecular formula is C24H23FN4O3S2. The minimum absolute atomic E-state index is 0.187. The predicted octanol–water partition coefficient (Wildman–Crippen LogP) is 3.86. The molecule has 1 aliphatic rings. The van der Waals surface area contributed by atoms with Crippen LogP contribution in [0.5, 0.6) is 0 Å². The van der Waals surface area contributed by atoms with Crippen molar-refractivity contribution in [2.24, 2.45) is 0 Å². The van der Waals surface area contributed by atoms with Gasteiger partial charge in [0, 0.05) is 37.1 Å². The summed E-state index contributed by atoms with van der Waals surface area (Å²) in [6.07, 6.45) is 0. The minimum Gasteiger partial charge on any atom is -0.309 e. The Bertz CT molecular complexity index is 1490. The molecule has 1 aliphatic heterocycles. The molecule has 3 heterocycles. The average Bonchev–Trinajstić information content (AvgIpc) is 3.29. The second-order valence-corrected chi connectivity index (χ2v) is 11.0. The highest BCUT2D eigenvalue weighted by Gasteiger charge is 2.32. The molecule has 1 atom stereocenters. The van der Waals surface area contributed by atoms with Gasteiger partial charge in [0.15, 0.2) is 0 Å². The Balaban J connectivity index is 1.35. The Morgan fingerprint density at radius 1 is 1.03 bits per heavy atom. The maximum absolute atomic E-state index is 14.1. The summed E-state index contributed by atoms with van der Waals surface area (Å²) in [7, 11) is -3.91. The first-order chi connectivity index (χ1) is 16.4. The molecule has 1 fully saturated rings. The monoisotopic (exact) mass is 498 g/mol. The first-order valence-corrected chi connectivity index (χ1v) is 13.2. The van der Waals surface area contributed by atoms with E-state index in [9.17, 15) is 17.6 Å². The third-order valence-corrected chi connectivity index (χ3v) is 9.02. The number of hydrogen-bond donors (Lipinski definition) is 1. The highest BCUT2D eigenvalue weighted by Crippen LogP contribution is 2.31. The third-order valence-electron chi connectivity index (χ3n) is 6.22. The molecule has 0 unspecified atom stereocenters. The molecule has 0 spiro atoms. The van der Waals surface area contributed by atoms with E-state index < -0.39 is 15.8 Å². The molecule has 34 heavy (non-hydrogen) atoms. The molecule has 2 aromatic heterocycles. The van der Waals surface area contributed by atoms with Gasteiger partial charge in [0.25, 0.3) is 5.56 Å². The molecule has 0 amide bonds. The Morgan fingerprint density at radius 2 is 1.71 bits per heavy atom. The second kappa shape index (κ2) is 9.03. The van der Waals surface area contributed by atoms with Crippen molar-refractivity contribution in [1.29, 1.82) is 0 Å². The van der Waals surface area contributed by atoms with Crippen molar-refractivity contribution < 1.29 is 12.8 Å². The Hall–Kier alpha value is -2.92.